The molecule has 1 aromatic carbocycles. The first-order valence-electron chi connectivity index (χ1n) is 12.3. The van der Waals surface area contributed by atoms with Crippen LogP contribution in [-0.2, 0) is 4.79 Å². The first-order chi connectivity index (χ1) is 16.0. The number of aliphatic carboxylic acids is 1. The van der Waals surface area contributed by atoms with Gasteiger partial charge in [-0.15, -0.1) is 0 Å². The highest BCUT2D eigenvalue weighted by molar-refractivity contribution is 5.83. The van der Waals surface area contributed by atoms with E-state index >= 15 is 0 Å². The maximum atomic E-state index is 11.4. The molecular formula is C26H39N3O4. The van der Waals surface area contributed by atoms with Gasteiger partial charge in [-0.1, -0.05) is 32.6 Å². The summed E-state index contributed by atoms with van der Waals surface area (Å²) in [6, 6.07) is 7.90. The van der Waals surface area contributed by atoms with Crippen LogP contribution in [0.25, 0.3) is 10.9 Å². The third kappa shape index (κ3) is 7.39. The number of rotatable bonds is 13. The van der Waals surface area contributed by atoms with Gasteiger partial charge in [0.1, 0.15) is 5.75 Å². The van der Waals surface area contributed by atoms with Crippen LogP contribution in [0.3, 0.4) is 0 Å². The van der Waals surface area contributed by atoms with Gasteiger partial charge in [-0.05, 0) is 68.7 Å². The number of pyridine rings is 1. The van der Waals surface area contributed by atoms with Crippen LogP contribution >= 0.6 is 0 Å². The standard InChI is InChI=1S/C26H39N3O4/c1-3-4-5-6-7-14-29(19-26(31)32)20-11-15-28(16-12-20)18-25(30)22-10-13-27-24-9-8-21(33-2)17-23(22)24/h8-10,13,17,20,25,30H,3-7,11-12,14-16,18-19H2,1-2H3,(H,31,32)/t25-/m0/s1. The molecule has 33 heavy (non-hydrogen) atoms. The maximum Gasteiger partial charge on any atom is 0.317 e. The van der Waals surface area contributed by atoms with E-state index in [2.05, 4.69) is 21.7 Å². The van der Waals surface area contributed by atoms with Crippen molar-refractivity contribution in [2.24, 2.45) is 0 Å². The molecule has 182 valence electrons. The normalized spacial score (nSPS) is 16.4. The van der Waals surface area contributed by atoms with E-state index in [0.717, 1.165) is 61.1 Å². The van der Waals surface area contributed by atoms with Crippen LogP contribution in [0.5, 0.6) is 5.75 Å². The van der Waals surface area contributed by atoms with Crippen molar-refractivity contribution < 1.29 is 19.7 Å². The number of likely N-dealkylation sites (tertiary alicyclic amines) is 1. The molecule has 1 aromatic heterocycles. The third-order valence-electron chi connectivity index (χ3n) is 6.73. The molecule has 0 saturated carbocycles. The van der Waals surface area contributed by atoms with Crippen LogP contribution in [0.4, 0.5) is 0 Å². The molecule has 0 bridgehead atoms. The minimum Gasteiger partial charge on any atom is -0.497 e. The summed E-state index contributed by atoms with van der Waals surface area (Å²) >= 11 is 0. The molecular weight excluding hydrogens is 418 g/mol. The molecule has 0 radical (unpaired) electrons. The Hall–Kier alpha value is -2.22. The van der Waals surface area contributed by atoms with Crippen molar-refractivity contribution in [1.82, 2.24) is 14.8 Å². The average Bonchev–Trinajstić information content (AvgIpc) is 2.82. The SMILES string of the molecule is CCCCCCCN(CC(=O)O)C1CCN(C[C@H](O)c2ccnc3ccc(OC)cc23)CC1. The molecule has 1 fully saturated rings. The van der Waals surface area contributed by atoms with Crippen LogP contribution in [0.2, 0.25) is 0 Å². The predicted molar refractivity (Wildman–Crippen MR) is 131 cm³/mol. The van der Waals surface area contributed by atoms with Gasteiger partial charge in [0.15, 0.2) is 0 Å². The zero-order chi connectivity index (χ0) is 23.6. The number of hydrogen-bond acceptors (Lipinski definition) is 6. The summed E-state index contributed by atoms with van der Waals surface area (Å²) in [5.41, 5.74) is 1.70. The van der Waals surface area contributed by atoms with Crippen molar-refractivity contribution in [2.75, 3.05) is 39.8 Å². The molecule has 7 nitrogen and oxygen atoms in total. The lowest BCUT2D eigenvalue weighted by Gasteiger charge is -2.38. The number of carboxylic acid groups (broad SMARTS) is 1. The van der Waals surface area contributed by atoms with Crippen molar-refractivity contribution in [1.29, 1.82) is 0 Å². The lowest BCUT2D eigenvalue weighted by atomic mass is 9.99. The highest BCUT2D eigenvalue weighted by Crippen LogP contribution is 2.28. The second kappa shape index (κ2) is 12.9. The monoisotopic (exact) mass is 457 g/mol. The van der Waals surface area contributed by atoms with Gasteiger partial charge < -0.3 is 19.8 Å². The fourth-order valence-electron chi connectivity index (χ4n) is 4.86. The number of methoxy groups -OCH3 is 1. The Balaban J connectivity index is 1.55. The number of benzene rings is 1. The Morgan fingerprint density at radius 1 is 1.21 bits per heavy atom. The number of aliphatic hydroxyl groups is 1. The summed E-state index contributed by atoms with van der Waals surface area (Å²) in [5, 5.41) is 21.3. The van der Waals surface area contributed by atoms with Gasteiger partial charge >= 0.3 is 5.97 Å². The minimum absolute atomic E-state index is 0.117. The fraction of sp³-hybridized carbons (Fsp3) is 0.615. The van der Waals surface area contributed by atoms with E-state index in [-0.39, 0.29) is 6.54 Å². The van der Waals surface area contributed by atoms with E-state index in [0.29, 0.717) is 12.6 Å². The first-order valence-corrected chi connectivity index (χ1v) is 12.3. The van der Waals surface area contributed by atoms with Crippen molar-refractivity contribution in [3.05, 3.63) is 36.0 Å². The van der Waals surface area contributed by atoms with Gasteiger partial charge in [-0.3, -0.25) is 14.7 Å². The largest absolute Gasteiger partial charge is 0.497 e. The molecule has 2 aromatic rings. The van der Waals surface area contributed by atoms with Crippen LogP contribution in [0.15, 0.2) is 30.5 Å². The van der Waals surface area contributed by atoms with Crippen molar-refractivity contribution in [3.63, 3.8) is 0 Å². The number of ether oxygens (including phenoxy) is 1. The molecule has 1 saturated heterocycles. The molecule has 0 spiro atoms. The van der Waals surface area contributed by atoms with E-state index in [1.54, 1.807) is 13.3 Å². The molecule has 1 atom stereocenters. The molecule has 1 aliphatic rings. The summed E-state index contributed by atoms with van der Waals surface area (Å²) < 4.78 is 5.35. The van der Waals surface area contributed by atoms with Crippen molar-refractivity contribution >= 4 is 16.9 Å². The summed E-state index contributed by atoms with van der Waals surface area (Å²) in [6.45, 7) is 5.45. The lowest BCUT2D eigenvalue weighted by molar-refractivity contribution is -0.139. The number of nitrogens with zero attached hydrogens (tertiary/aromatic N) is 3. The first kappa shape index (κ1) is 25.4. The number of aliphatic hydroxyl groups excluding tert-OH is 1. The molecule has 2 N–H and O–H groups in total. The Morgan fingerprint density at radius 3 is 2.67 bits per heavy atom. The molecule has 0 unspecified atom stereocenters. The van der Waals surface area contributed by atoms with Crippen LogP contribution in [0.1, 0.15) is 63.5 Å². The average molecular weight is 458 g/mol. The van der Waals surface area contributed by atoms with Crippen molar-refractivity contribution in [3.8, 4) is 5.75 Å². The summed E-state index contributed by atoms with van der Waals surface area (Å²) in [7, 11) is 1.64. The summed E-state index contributed by atoms with van der Waals surface area (Å²) in [4.78, 5) is 20.3. The van der Waals surface area contributed by atoms with Gasteiger partial charge in [0, 0.05) is 24.2 Å². The third-order valence-corrected chi connectivity index (χ3v) is 6.73. The zero-order valence-electron chi connectivity index (χ0n) is 20.1. The maximum absolute atomic E-state index is 11.4. The van der Waals surface area contributed by atoms with E-state index in [4.69, 9.17) is 4.74 Å². The lowest BCUT2D eigenvalue weighted by Crippen LogP contribution is -2.47. The fourth-order valence-corrected chi connectivity index (χ4v) is 4.86. The Morgan fingerprint density at radius 2 is 1.97 bits per heavy atom. The van der Waals surface area contributed by atoms with Gasteiger partial charge in [-0.25, -0.2) is 0 Å². The number of β-amino-alcohol motifs (C(OH)–C–C–N with tert-alkyl or cyclic N) is 1. The number of piperidine rings is 1. The number of aromatic nitrogens is 1. The van der Waals surface area contributed by atoms with Gasteiger partial charge in [0.25, 0.3) is 0 Å². The van der Waals surface area contributed by atoms with E-state index < -0.39 is 12.1 Å². The zero-order valence-corrected chi connectivity index (χ0v) is 20.1. The van der Waals surface area contributed by atoms with Gasteiger partial charge in [0.05, 0.1) is 25.3 Å². The second-order valence-electron chi connectivity index (χ2n) is 9.11. The van der Waals surface area contributed by atoms with Crippen LogP contribution < -0.4 is 4.74 Å². The topological polar surface area (TPSA) is 86.1 Å². The molecule has 3 rings (SSSR count). The van der Waals surface area contributed by atoms with Crippen molar-refractivity contribution in [2.45, 2.75) is 64.0 Å². The van der Waals surface area contributed by atoms with E-state index in [1.807, 2.05) is 24.3 Å². The summed E-state index contributed by atoms with van der Waals surface area (Å²) in [5.74, 6) is -0.000571. The highest BCUT2D eigenvalue weighted by Gasteiger charge is 2.27. The van der Waals surface area contributed by atoms with Crippen LogP contribution in [0, 0.1) is 0 Å². The van der Waals surface area contributed by atoms with E-state index in [1.165, 1.54) is 25.7 Å². The van der Waals surface area contributed by atoms with Gasteiger partial charge in [-0.2, -0.15) is 0 Å². The number of carbonyl (C=O) groups is 1. The molecule has 0 amide bonds. The number of fused-ring (bicyclic) bond motifs is 1. The van der Waals surface area contributed by atoms with Crippen LogP contribution in [-0.4, -0.2) is 76.8 Å². The smallest absolute Gasteiger partial charge is 0.317 e. The molecule has 0 aliphatic carbocycles. The second-order valence-corrected chi connectivity index (χ2v) is 9.11. The minimum atomic E-state index is -0.749. The highest BCUT2D eigenvalue weighted by atomic mass is 16.5. The molecule has 7 heteroatoms. The van der Waals surface area contributed by atoms with E-state index in [9.17, 15) is 15.0 Å². The Labute approximate surface area is 197 Å². The Kier molecular flexibility index (Phi) is 9.91. The number of carboxylic acids is 1. The number of unbranched alkanes of at least 4 members (excludes halogenated alkanes) is 4. The molecule has 2 heterocycles. The Bertz CT molecular complexity index is 883. The quantitative estimate of drug-likeness (QED) is 0.438. The van der Waals surface area contributed by atoms with Gasteiger partial charge in [0.2, 0.25) is 0 Å². The molecule has 1 aliphatic heterocycles. The number of hydrogen-bond donors (Lipinski definition) is 2. The predicted octanol–water partition coefficient (Wildman–Crippen LogP) is 4.10. The summed E-state index contributed by atoms with van der Waals surface area (Å²) in [6.07, 6.45) is 8.90.